The zero-order valence-corrected chi connectivity index (χ0v) is 5.39. The molecular formula is C3H9NaOS2. The second-order valence-electron chi connectivity index (χ2n) is 1.00. The number of hydrogen-bond donors (Lipinski definition) is 1. The molecule has 0 aliphatic carbocycles. The summed E-state index contributed by atoms with van der Waals surface area (Å²) in [5.74, 6) is 1.44. The van der Waals surface area contributed by atoms with Crippen LogP contribution in [0.1, 0.15) is 0 Å². The van der Waals surface area contributed by atoms with E-state index in [1.165, 1.54) is 0 Å². The van der Waals surface area contributed by atoms with Gasteiger partial charge in [0.2, 0.25) is 0 Å². The topological polar surface area (TPSA) is 23.1 Å². The van der Waals surface area contributed by atoms with Gasteiger partial charge in [-0.2, -0.15) is 12.6 Å². The van der Waals surface area contributed by atoms with Gasteiger partial charge in [-0.1, -0.05) is 11.2 Å². The minimum absolute atomic E-state index is 0. The maximum atomic E-state index is 10.1. The third kappa shape index (κ3) is 11.3. The van der Waals surface area contributed by atoms with Gasteiger partial charge in [-0.3, -0.25) is 0 Å². The molecule has 0 amide bonds. The molecule has 0 heterocycles. The van der Waals surface area contributed by atoms with E-state index < -0.39 is 11.2 Å². The van der Waals surface area contributed by atoms with Gasteiger partial charge in [-0.15, -0.1) is 0 Å². The van der Waals surface area contributed by atoms with Crippen LogP contribution in [0.25, 0.3) is 0 Å². The van der Waals surface area contributed by atoms with Crippen molar-refractivity contribution in [3.63, 3.8) is 0 Å². The molecule has 1 atom stereocenters. The van der Waals surface area contributed by atoms with Crippen LogP contribution in [0.3, 0.4) is 0 Å². The molecule has 0 aromatic rings. The predicted molar refractivity (Wildman–Crippen MR) is 39.9 cm³/mol. The zero-order chi connectivity index (χ0) is 4.99. The summed E-state index contributed by atoms with van der Waals surface area (Å²) in [6.07, 6.45) is 1.68. The standard InChI is InChI=1S/C3H8OS2.Na.H/c1-6(4)3-2-5;;/h5H,2-3H2,1H3;;. The maximum absolute atomic E-state index is 10.1. The molecule has 0 aromatic heterocycles. The van der Waals surface area contributed by atoms with Crippen LogP contribution in [-0.2, 0) is 11.2 Å². The van der Waals surface area contributed by atoms with Crippen LogP contribution in [0, 0.1) is 0 Å². The van der Waals surface area contributed by atoms with Crippen LogP contribution >= 0.6 is 12.6 Å². The van der Waals surface area contributed by atoms with E-state index in [1.807, 2.05) is 0 Å². The van der Waals surface area contributed by atoms with Crippen LogP contribution in [-0.4, -0.2) is 51.9 Å². The van der Waals surface area contributed by atoms with Crippen molar-refractivity contribution in [1.29, 1.82) is 0 Å². The Morgan fingerprint density at radius 2 is 2.14 bits per heavy atom. The van der Waals surface area contributed by atoms with Crippen molar-refractivity contribution < 1.29 is 4.55 Å². The van der Waals surface area contributed by atoms with Crippen LogP contribution < -0.4 is 0 Å². The Balaban J connectivity index is 0. The molecule has 1 unspecified atom stereocenters. The van der Waals surface area contributed by atoms with Gasteiger partial charge in [0, 0.05) is 5.75 Å². The third-order valence-electron chi connectivity index (χ3n) is 0.379. The SMILES string of the molecule is C[S+]([O-])CCS.[NaH]. The molecule has 0 saturated heterocycles. The van der Waals surface area contributed by atoms with Crippen molar-refractivity contribution in [2.24, 2.45) is 0 Å². The molecule has 0 saturated carbocycles. The first-order valence-electron chi connectivity index (χ1n) is 1.68. The molecule has 0 fully saturated rings. The molecule has 1 nitrogen and oxygen atoms in total. The van der Waals surface area contributed by atoms with Crippen LogP contribution in [0.2, 0.25) is 0 Å². The van der Waals surface area contributed by atoms with Crippen molar-refractivity contribution in [1.82, 2.24) is 0 Å². The molecular weight excluding hydrogens is 139 g/mol. The van der Waals surface area contributed by atoms with Crippen LogP contribution in [0.4, 0.5) is 0 Å². The van der Waals surface area contributed by atoms with Crippen molar-refractivity contribution in [2.75, 3.05) is 17.8 Å². The van der Waals surface area contributed by atoms with Crippen LogP contribution in [0.5, 0.6) is 0 Å². The van der Waals surface area contributed by atoms with Gasteiger partial charge in [-0.25, -0.2) is 0 Å². The van der Waals surface area contributed by atoms with Gasteiger partial charge in [0.05, 0.1) is 6.26 Å². The molecule has 40 valence electrons. The monoisotopic (exact) mass is 148 g/mol. The van der Waals surface area contributed by atoms with Gasteiger partial charge in [0.15, 0.2) is 0 Å². The van der Waals surface area contributed by atoms with Crippen molar-refractivity contribution in [3.8, 4) is 0 Å². The molecule has 0 N–H and O–H groups in total. The molecule has 0 aliphatic rings. The zero-order valence-electron chi connectivity index (χ0n) is 3.68. The average Bonchev–Trinajstić information content (AvgIpc) is 1.35. The van der Waals surface area contributed by atoms with Crippen LogP contribution in [0.15, 0.2) is 0 Å². The molecule has 0 aromatic carbocycles. The van der Waals surface area contributed by atoms with Gasteiger partial charge in [0.1, 0.15) is 5.75 Å². The van der Waals surface area contributed by atoms with Crippen molar-refractivity contribution in [2.45, 2.75) is 0 Å². The molecule has 4 heteroatoms. The first-order valence-corrected chi connectivity index (χ1v) is 4.04. The first-order chi connectivity index (χ1) is 2.77. The predicted octanol–water partition coefficient (Wildman–Crippen LogP) is -0.354. The van der Waals surface area contributed by atoms with E-state index in [0.29, 0.717) is 5.75 Å². The normalized spacial score (nSPS) is 12.4. The fourth-order valence-corrected chi connectivity index (χ4v) is 1.16. The summed E-state index contributed by atoms with van der Waals surface area (Å²) in [6.45, 7) is 0. The van der Waals surface area contributed by atoms with E-state index in [0.717, 1.165) is 5.75 Å². The Morgan fingerprint density at radius 3 is 2.14 bits per heavy atom. The molecule has 0 spiro atoms. The molecule has 0 bridgehead atoms. The summed E-state index contributed by atoms with van der Waals surface area (Å²) in [5.41, 5.74) is 0. The van der Waals surface area contributed by atoms with E-state index in [4.69, 9.17) is 0 Å². The molecule has 0 radical (unpaired) electrons. The summed E-state index contributed by atoms with van der Waals surface area (Å²) in [5, 5.41) is 0. The summed E-state index contributed by atoms with van der Waals surface area (Å²) in [7, 11) is 0. The number of thiol groups is 1. The second-order valence-corrected chi connectivity index (χ2v) is 3.00. The minimum atomic E-state index is -0.642. The first kappa shape index (κ1) is 11.5. The van der Waals surface area contributed by atoms with Gasteiger partial charge >= 0.3 is 29.6 Å². The Labute approximate surface area is 75.1 Å². The number of rotatable bonds is 2. The van der Waals surface area contributed by atoms with E-state index in [1.54, 1.807) is 6.26 Å². The van der Waals surface area contributed by atoms with Crippen molar-refractivity contribution >= 4 is 53.4 Å². The third-order valence-corrected chi connectivity index (χ3v) is 1.68. The Bertz CT molecular complexity index is 34.1. The number of hydrogen-bond acceptors (Lipinski definition) is 2. The van der Waals surface area contributed by atoms with E-state index in [-0.39, 0.29) is 29.6 Å². The summed E-state index contributed by atoms with van der Waals surface area (Å²) < 4.78 is 10.1. The Hall–Kier alpha value is 1.66. The summed E-state index contributed by atoms with van der Waals surface area (Å²) >= 11 is 3.22. The van der Waals surface area contributed by atoms with Gasteiger partial charge < -0.3 is 4.55 Å². The van der Waals surface area contributed by atoms with E-state index in [2.05, 4.69) is 12.6 Å². The Kier molecular flexibility index (Phi) is 12.5. The van der Waals surface area contributed by atoms with Gasteiger partial charge in [-0.05, 0) is 0 Å². The molecule has 0 aliphatic heterocycles. The fraction of sp³-hybridized carbons (Fsp3) is 1.00. The quantitative estimate of drug-likeness (QED) is 0.323. The molecule has 0 rings (SSSR count). The van der Waals surface area contributed by atoms with E-state index >= 15 is 0 Å². The Morgan fingerprint density at radius 1 is 1.71 bits per heavy atom. The average molecular weight is 148 g/mol. The van der Waals surface area contributed by atoms with Gasteiger partial charge in [0.25, 0.3) is 0 Å². The molecule has 7 heavy (non-hydrogen) atoms. The van der Waals surface area contributed by atoms with Crippen molar-refractivity contribution in [3.05, 3.63) is 0 Å². The fourth-order valence-electron chi connectivity index (χ4n) is 0.129. The summed E-state index contributed by atoms with van der Waals surface area (Å²) in [4.78, 5) is 0. The van der Waals surface area contributed by atoms with E-state index in [9.17, 15) is 4.55 Å². The second kappa shape index (κ2) is 7.66. The summed E-state index contributed by atoms with van der Waals surface area (Å²) in [6, 6.07) is 0.